The lowest BCUT2D eigenvalue weighted by atomic mass is 10.0. The van der Waals surface area contributed by atoms with Crippen molar-refractivity contribution >= 4 is 11.8 Å². The van der Waals surface area contributed by atoms with E-state index in [1.165, 1.54) is 18.4 Å². The number of ether oxygens (including phenoxy) is 1. The highest BCUT2D eigenvalue weighted by Crippen LogP contribution is 2.22. The van der Waals surface area contributed by atoms with Gasteiger partial charge >= 0.3 is 6.09 Å². The molecule has 0 radical (unpaired) electrons. The van der Waals surface area contributed by atoms with Gasteiger partial charge in [-0.15, -0.1) is 0 Å². The van der Waals surface area contributed by atoms with E-state index in [4.69, 9.17) is 4.74 Å². The van der Waals surface area contributed by atoms with Crippen LogP contribution >= 0.6 is 0 Å². The number of amides is 1. The van der Waals surface area contributed by atoms with Gasteiger partial charge in [0.2, 0.25) is 0 Å². The minimum Gasteiger partial charge on any atom is -0.448 e. The summed E-state index contributed by atoms with van der Waals surface area (Å²) in [6.07, 6.45) is 3.20. The first-order chi connectivity index (χ1) is 9.97. The molecule has 2 rings (SSSR count). The molecule has 116 valence electrons. The molecule has 1 heterocycles. The number of aryl methyl sites for hydroxylation is 3. The third kappa shape index (κ3) is 4.21. The quantitative estimate of drug-likeness (QED) is 0.924. The second kappa shape index (κ2) is 6.94. The number of likely N-dealkylation sites (N-methyl/N-ethyl adjacent to an activating group) is 1. The van der Waals surface area contributed by atoms with Gasteiger partial charge in [-0.2, -0.15) is 0 Å². The first kappa shape index (κ1) is 15.8. The van der Waals surface area contributed by atoms with Gasteiger partial charge in [0, 0.05) is 11.7 Å². The zero-order chi connectivity index (χ0) is 15.4. The summed E-state index contributed by atoms with van der Waals surface area (Å²) in [5.41, 5.74) is 4.20. The van der Waals surface area contributed by atoms with Crippen LogP contribution in [0, 0.1) is 20.8 Å². The molecule has 1 amide bonds. The van der Waals surface area contributed by atoms with Gasteiger partial charge in [0.25, 0.3) is 0 Å². The predicted octanol–water partition coefficient (Wildman–Crippen LogP) is 3.64. The third-order valence-corrected chi connectivity index (χ3v) is 4.23. The molecule has 1 N–H and O–H groups in total. The Morgan fingerprint density at radius 1 is 1.29 bits per heavy atom. The third-order valence-electron chi connectivity index (χ3n) is 4.23. The summed E-state index contributed by atoms with van der Waals surface area (Å²) in [7, 11) is 2.10. The molecule has 4 nitrogen and oxygen atoms in total. The number of hydrogen-bond acceptors (Lipinski definition) is 3. The van der Waals surface area contributed by atoms with Crippen LogP contribution in [0.2, 0.25) is 0 Å². The normalized spacial score (nSPS) is 19.3. The van der Waals surface area contributed by atoms with Gasteiger partial charge in [-0.05, 0) is 58.3 Å². The average molecular weight is 290 g/mol. The molecule has 1 aromatic carbocycles. The lowest BCUT2D eigenvalue weighted by Crippen LogP contribution is -2.40. The number of carbonyl (C=O) groups excluding carboxylic acids is 1. The summed E-state index contributed by atoms with van der Waals surface area (Å²) < 4.78 is 5.40. The van der Waals surface area contributed by atoms with Crippen molar-refractivity contribution in [3.05, 3.63) is 28.8 Å². The number of hydrogen-bond donors (Lipinski definition) is 1. The summed E-state index contributed by atoms with van der Waals surface area (Å²) in [4.78, 5) is 14.3. The van der Waals surface area contributed by atoms with Crippen LogP contribution in [0.25, 0.3) is 0 Å². The Bertz CT molecular complexity index is 491. The fraction of sp³-hybridized carbons (Fsp3) is 0.588. The molecule has 1 atom stereocenters. The van der Waals surface area contributed by atoms with Crippen LogP contribution in [0.3, 0.4) is 0 Å². The first-order valence-corrected chi connectivity index (χ1v) is 7.69. The highest BCUT2D eigenvalue weighted by Gasteiger charge is 2.20. The highest BCUT2D eigenvalue weighted by molar-refractivity contribution is 5.86. The molecule has 1 unspecified atom stereocenters. The van der Waals surface area contributed by atoms with Gasteiger partial charge in [0.05, 0.1) is 0 Å². The number of nitrogens with zero attached hydrogens (tertiary/aromatic N) is 1. The maximum atomic E-state index is 12.0. The predicted molar refractivity (Wildman–Crippen MR) is 85.9 cm³/mol. The van der Waals surface area contributed by atoms with E-state index < -0.39 is 0 Å². The zero-order valence-corrected chi connectivity index (χ0v) is 13.5. The van der Waals surface area contributed by atoms with Crippen molar-refractivity contribution in [2.75, 3.05) is 25.5 Å². The van der Waals surface area contributed by atoms with Gasteiger partial charge < -0.3 is 9.64 Å². The van der Waals surface area contributed by atoms with Gasteiger partial charge in [-0.1, -0.05) is 24.1 Å². The highest BCUT2D eigenvalue weighted by atomic mass is 16.5. The monoisotopic (exact) mass is 290 g/mol. The number of rotatable bonds is 3. The van der Waals surface area contributed by atoms with Crippen LogP contribution in [-0.2, 0) is 4.74 Å². The Hall–Kier alpha value is -1.55. The lowest BCUT2D eigenvalue weighted by Gasteiger charge is -2.31. The largest absolute Gasteiger partial charge is 0.448 e. The molecule has 0 saturated carbocycles. The van der Waals surface area contributed by atoms with Crippen molar-refractivity contribution in [3.8, 4) is 0 Å². The van der Waals surface area contributed by atoms with Gasteiger partial charge in [0.1, 0.15) is 6.61 Å². The Labute approximate surface area is 127 Å². The van der Waals surface area contributed by atoms with E-state index in [0.29, 0.717) is 12.6 Å². The van der Waals surface area contributed by atoms with Crippen molar-refractivity contribution in [3.63, 3.8) is 0 Å². The van der Waals surface area contributed by atoms with E-state index in [0.717, 1.165) is 29.8 Å². The van der Waals surface area contributed by atoms with E-state index in [-0.39, 0.29) is 6.09 Å². The number of piperidine rings is 1. The molecular formula is C17H26N2O2. The number of carbonyl (C=O) groups is 1. The molecule has 1 saturated heterocycles. The fourth-order valence-corrected chi connectivity index (χ4v) is 3.04. The molecule has 0 aliphatic carbocycles. The van der Waals surface area contributed by atoms with Crippen LogP contribution in [0.15, 0.2) is 12.1 Å². The summed E-state index contributed by atoms with van der Waals surface area (Å²) in [5.74, 6) is 0. The Balaban J connectivity index is 1.90. The van der Waals surface area contributed by atoms with Crippen molar-refractivity contribution in [2.24, 2.45) is 0 Å². The molecule has 1 aliphatic heterocycles. The van der Waals surface area contributed by atoms with Gasteiger partial charge in [-0.25, -0.2) is 4.79 Å². The summed E-state index contributed by atoms with van der Waals surface area (Å²) >= 11 is 0. The molecule has 0 spiro atoms. The summed E-state index contributed by atoms with van der Waals surface area (Å²) in [5, 5.41) is 2.88. The molecule has 1 aliphatic rings. The van der Waals surface area contributed by atoms with E-state index in [1.807, 2.05) is 13.8 Å². The molecule has 21 heavy (non-hydrogen) atoms. The second-order valence-corrected chi connectivity index (χ2v) is 6.13. The molecular weight excluding hydrogens is 264 g/mol. The van der Waals surface area contributed by atoms with E-state index in [2.05, 4.69) is 36.3 Å². The molecule has 1 aromatic rings. The number of likely N-dealkylation sites (tertiary alicyclic amines) is 1. The Morgan fingerprint density at radius 2 is 1.95 bits per heavy atom. The molecule has 4 heteroatoms. The fourth-order valence-electron chi connectivity index (χ4n) is 3.04. The van der Waals surface area contributed by atoms with Crippen LogP contribution in [0.1, 0.15) is 36.0 Å². The number of nitrogens with one attached hydrogen (secondary N) is 1. The first-order valence-electron chi connectivity index (χ1n) is 7.69. The average Bonchev–Trinajstić information content (AvgIpc) is 2.42. The minimum atomic E-state index is -0.357. The van der Waals surface area contributed by atoms with Crippen LogP contribution < -0.4 is 5.32 Å². The number of anilines is 1. The maximum Gasteiger partial charge on any atom is 0.411 e. The second-order valence-electron chi connectivity index (χ2n) is 6.13. The molecule has 0 aromatic heterocycles. The standard InChI is InChI=1S/C17H26N2O2/c1-12-9-13(2)16(14(3)10-12)18-17(20)21-11-15-7-5-6-8-19(15)4/h9-10,15H,5-8,11H2,1-4H3,(H,18,20). The van der Waals surface area contributed by atoms with Crippen molar-refractivity contribution in [2.45, 2.75) is 46.1 Å². The van der Waals surface area contributed by atoms with Gasteiger partial charge in [0.15, 0.2) is 0 Å². The van der Waals surface area contributed by atoms with E-state index in [1.54, 1.807) is 0 Å². The summed E-state index contributed by atoms with van der Waals surface area (Å²) in [6, 6.07) is 4.49. The van der Waals surface area contributed by atoms with Crippen molar-refractivity contribution in [1.82, 2.24) is 4.90 Å². The van der Waals surface area contributed by atoms with E-state index >= 15 is 0 Å². The zero-order valence-electron chi connectivity index (χ0n) is 13.5. The van der Waals surface area contributed by atoms with Crippen LogP contribution in [-0.4, -0.2) is 37.2 Å². The Morgan fingerprint density at radius 3 is 2.57 bits per heavy atom. The van der Waals surface area contributed by atoms with Crippen molar-refractivity contribution in [1.29, 1.82) is 0 Å². The molecule has 0 bridgehead atoms. The smallest absolute Gasteiger partial charge is 0.411 e. The SMILES string of the molecule is Cc1cc(C)c(NC(=O)OCC2CCCCN2C)c(C)c1. The van der Waals surface area contributed by atoms with Crippen LogP contribution in [0.4, 0.5) is 10.5 Å². The van der Waals surface area contributed by atoms with Gasteiger partial charge in [-0.3, -0.25) is 5.32 Å². The maximum absolute atomic E-state index is 12.0. The molecule has 1 fully saturated rings. The van der Waals surface area contributed by atoms with E-state index in [9.17, 15) is 4.79 Å². The number of benzene rings is 1. The minimum absolute atomic E-state index is 0.352. The topological polar surface area (TPSA) is 41.6 Å². The lowest BCUT2D eigenvalue weighted by molar-refractivity contribution is 0.0908. The van der Waals surface area contributed by atoms with Crippen molar-refractivity contribution < 1.29 is 9.53 Å². The van der Waals surface area contributed by atoms with Crippen LogP contribution in [0.5, 0.6) is 0 Å². The summed E-state index contributed by atoms with van der Waals surface area (Å²) in [6.45, 7) is 7.62. The Kier molecular flexibility index (Phi) is 5.23.